The molecule has 0 aliphatic heterocycles. The van der Waals surface area contributed by atoms with E-state index >= 15 is 0 Å². The number of allylic oxidation sites excluding steroid dienone is 4. The Labute approximate surface area is 93.8 Å². The molecule has 1 aliphatic rings. The van der Waals surface area contributed by atoms with E-state index in [1.807, 2.05) is 19.0 Å². The molecule has 0 aromatic heterocycles. The number of hydrogen-bond acceptors (Lipinski definition) is 2. The maximum atomic E-state index is 12.5. The Bertz CT molecular complexity index is 292. The minimum absolute atomic E-state index is 0.463. The van der Waals surface area contributed by atoms with Crippen molar-refractivity contribution in [2.24, 2.45) is 0 Å². The highest BCUT2D eigenvalue weighted by Crippen LogP contribution is 2.32. The van der Waals surface area contributed by atoms with E-state index < -0.39 is 11.7 Å². The fourth-order valence-electron chi connectivity index (χ4n) is 1.61. The van der Waals surface area contributed by atoms with E-state index in [2.05, 4.69) is 5.32 Å². The Kier molecular flexibility index (Phi) is 4.41. The molecular weight excluding hydrogens is 217 g/mol. The molecule has 92 valence electrons. The van der Waals surface area contributed by atoms with Crippen LogP contribution in [0, 0.1) is 0 Å². The Morgan fingerprint density at radius 1 is 1.44 bits per heavy atom. The zero-order valence-electron chi connectivity index (χ0n) is 9.56. The van der Waals surface area contributed by atoms with Crippen LogP contribution in [0.5, 0.6) is 0 Å². The number of rotatable bonds is 4. The molecule has 0 aromatic rings. The number of likely N-dealkylation sites (N-methyl/N-ethyl adjacent to an activating group) is 2. The molecular formula is C11H17F3N2. The predicted molar refractivity (Wildman–Crippen MR) is 58.0 cm³/mol. The summed E-state index contributed by atoms with van der Waals surface area (Å²) in [6, 6.07) is 0. The SMILES string of the molecule is CNCCN(C)C1=CC(C(F)(F)F)=CCC1. The first kappa shape index (κ1) is 13.1. The summed E-state index contributed by atoms with van der Waals surface area (Å²) in [7, 11) is 3.65. The molecule has 0 saturated heterocycles. The van der Waals surface area contributed by atoms with Gasteiger partial charge in [-0.15, -0.1) is 0 Å². The summed E-state index contributed by atoms with van der Waals surface area (Å²) in [5.74, 6) is 0. The maximum Gasteiger partial charge on any atom is 0.416 e. The van der Waals surface area contributed by atoms with Gasteiger partial charge in [0.15, 0.2) is 0 Å². The van der Waals surface area contributed by atoms with Gasteiger partial charge in [-0.05, 0) is 26.0 Å². The van der Waals surface area contributed by atoms with Gasteiger partial charge in [0.05, 0.1) is 5.57 Å². The average Bonchev–Trinajstić information content (AvgIpc) is 2.25. The molecule has 0 saturated carbocycles. The Morgan fingerprint density at radius 3 is 2.69 bits per heavy atom. The molecule has 1 aliphatic carbocycles. The summed E-state index contributed by atoms with van der Waals surface area (Å²) in [5.41, 5.74) is 0.232. The third kappa shape index (κ3) is 3.56. The van der Waals surface area contributed by atoms with Crippen LogP contribution in [0.2, 0.25) is 0 Å². The Hall–Kier alpha value is -0.970. The summed E-state index contributed by atoms with van der Waals surface area (Å²) in [6.07, 6.45) is -0.575. The van der Waals surface area contributed by atoms with E-state index in [1.54, 1.807) is 0 Å². The van der Waals surface area contributed by atoms with Gasteiger partial charge in [0.25, 0.3) is 0 Å². The fourth-order valence-corrected chi connectivity index (χ4v) is 1.61. The second kappa shape index (κ2) is 5.39. The largest absolute Gasteiger partial charge is 0.416 e. The lowest BCUT2D eigenvalue weighted by atomic mass is 10.0. The van der Waals surface area contributed by atoms with E-state index in [-0.39, 0.29) is 0 Å². The van der Waals surface area contributed by atoms with E-state index in [4.69, 9.17) is 0 Å². The third-order valence-electron chi connectivity index (χ3n) is 2.60. The van der Waals surface area contributed by atoms with E-state index in [0.717, 1.165) is 12.2 Å². The van der Waals surface area contributed by atoms with Crippen molar-refractivity contribution in [3.05, 3.63) is 23.4 Å². The topological polar surface area (TPSA) is 15.3 Å². The molecule has 1 N–H and O–H groups in total. The lowest BCUT2D eigenvalue weighted by molar-refractivity contribution is -0.0888. The minimum Gasteiger partial charge on any atom is -0.377 e. The second-order valence-electron chi connectivity index (χ2n) is 3.86. The first-order valence-corrected chi connectivity index (χ1v) is 5.29. The smallest absolute Gasteiger partial charge is 0.377 e. The zero-order valence-corrected chi connectivity index (χ0v) is 9.56. The van der Waals surface area contributed by atoms with Crippen LogP contribution in [0.15, 0.2) is 23.4 Å². The molecule has 0 aromatic carbocycles. The zero-order chi connectivity index (χ0) is 12.2. The van der Waals surface area contributed by atoms with Gasteiger partial charge in [-0.25, -0.2) is 0 Å². The molecule has 16 heavy (non-hydrogen) atoms. The normalized spacial score (nSPS) is 16.8. The summed E-state index contributed by atoms with van der Waals surface area (Å²) < 4.78 is 37.5. The number of halogens is 3. The lowest BCUT2D eigenvalue weighted by Gasteiger charge is -2.25. The quantitative estimate of drug-likeness (QED) is 0.803. The van der Waals surface area contributed by atoms with Gasteiger partial charge in [0, 0.05) is 25.8 Å². The van der Waals surface area contributed by atoms with Crippen molar-refractivity contribution in [2.45, 2.75) is 19.0 Å². The van der Waals surface area contributed by atoms with Crippen LogP contribution in [-0.2, 0) is 0 Å². The van der Waals surface area contributed by atoms with Crippen LogP contribution in [0.4, 0.5) is 13.2 Å². The van der Waals surface area contributed by atoms with E-state index in [9.17, 15) is 13.2 Å². The van der Waals surface area contributed by atoms with Gasteiger partial charge in [-0.2, -0.15) is 13.2 Å². The van der Waals surface area contributed by atoms with Crippen LogP contribution in [0.3, 0.4) is 0 Å². The molecule has 0 radical (unpaired) electrons. The standard InChI is InChI=1S/C11H17F3N2/c1-15-6-7-16(2)10-5-3-4-9(8-10)11(12,13)14/h4,8,15H,3,5-7H2,1-2H3. The van der Waals surface area contributed by atoms with Crippen molar-refractivity contribution in [2.75, 3.05) is 27.2 Å². The van der Waals surface area contributed by atoms with Crippen molar-refractivity contribution >= 4 is 0 Å². The monoisotopic (exact) mass is 234 g/mol. The first-order chi connectivity index (χ1) is 7.45. The summed E-state index contributed by atoms with van der Waals surface area (Å²) in [6.45, 7) is 1.48. The Morgan fingerprint density at radius 2 is 2.12 bits per heavy atom. The third-order valence-corrected chi connectivity index (χ3v) is 2.60. The molecule has 0 fully saturated rings. The van der Waals surface area contributed by atoms with Crippen molar-refractivity contribution in [1.82, 2.24) is 10.2 Å². The number of hydrogen-bond donors (Lipinski definition) is 1. The molecule has 0 bridgehead atoms. The average molecular weight is 234 g/mol. The number of alkyl halides is 3. The van der Waals surface area contributed by atoms with Gasteiger partial charge in [0.1, 0.15) is 0 Å². The second-order valence-corrected chi connectivity index (χ2v) is 3.86. The molecule has 0 atom stereocenters. The van der Waals surface area contributed by atoms with Gasteiger partial charge < -0.3 is 10.2 Å². The summed E-state index contributed by atoms with van der Waals surface area (Å²) in [4.78, 5) is 1.87. The van der Waals surface area contributed by atoms with Gasteiger partial charge in [-0.1, -0.05) is 6.08 Å². The van der Waals surface area contributed by atoms with Crippen molar-refractivity contribution in [3.63, 3.8) is 0 Å². The molecule has 5 heteroatoms. The first-order valence-electron chi connectivity index (χ1n) is 5.29. The molecule has 1 rings (SSSR count). The van der Waals surface area contributed by atoms with E-state index in [0.29, 0.717) is 19.4 Å². The van der Waals surface area contributed by atoms with Crippen molar-refractivity contribution < 1.29 is 13.2 Å². The summed E-state index contributed by atoms with van der Waals surface area (Å²) >= 11 is 0. The molecule has 0 spiro atoms. The van der Waals surface area contributed by atoms with Crippen LogP contribution >= 0.6 is 0 Å². The molecule has 0 unspecified atom stereocenters. The highest BCUT2D eigenvalue weighted by atomic mass is 19.4. The molecule has 0 heterocycles. The number of nitrogens with one attached hydrogen (secondary N) is 1. The highest BCUT2D eigenvalue weighted by molar-refractivity contribution is 5.30. The van der Waals surface area contributed by atoms with Crippen LogP contribution in [0.25, 0.3) is 0 Å². The number of nitrogens with zero attached hydrogens (tertiary/aromatic N) is 1. The van der Waals surface area contributed by atoms with Gasteiger partial charge >= 0.3 is 6.18 Å². The van der Waals surface area contributed by atoms with E-state index in [1.165, 1.54) is 12.2 Å². The Balaban J connectivity index is 2.68. The minimum atomic E-state index is -4.23. The molecule has 0 amide bonds. The van der Waals surface area contributed by atoms with Crippen LogP contribution in [-0.4, -0.2) is 38.3 Å². The van der Waals surface area contributed by atoms with Gasteiger partial charge in [-0.3, -0.25) is 0 Å². The lowest BCUT2D eigenvalue weighted by Crippen LogP contribution is -2.28. The summed E-state index contributed by atoms with van der Waals surface area (Å²) in [5, 5.41) is 2.97. The highest BCUT2D eigenvalue weighted by Gasteiger charge is 2.33. The van der Waals surface area contributed by atoms with Crippen LogP contribution < -0.4 is 5.32 Å². The van der Waals surface area contributed by atoms with Crippen LogP contribution in [0.1, 0.15) is 12.8 Å². The predicted octanol–water partition coefficient (Wildman–Crippen LogP) is 2.30. The van der Waals surface area contributed by atoms with Gasteiger partial charge in [0.2, 0.25) is 0 Å². The molecule has 2 nitrogen and oxygen atoms in total. The van der Waals surface area contributed by atoms with Crippen molar-refractivity contribution in [3.8, 4) is 0 Å². The maximum absolute atomic E-state index is 12.5. The fraction of sp³-hybridized carbons (Fsp3) is 0.636. The van der Waals surface area contributed by atoms with Crippen molar-refractivity contribution in [1.29, 1.82) is 0 Å².